The minimum absolute atomic E-state index is 0.122. The van der Waals surface area contributed by atoms with Crippen molar-refractivity contribution in [3.63, 3.8) is 0 Å². The molecule has 35 heavy (non-hydrogen) atoms. The second-order valence-corrected chi connectivity index (χ2v) is 10.8. The summed E-state index contributed by atoms with van der Waals surface area (Å²) >= 11 is 0. The number of anilines is 1. The lowest BCUT2D eigenvalue weighted by atomic mass is 9.87. The van der Waals surface area contributed by atoms with Gasteiger partial charge in [-0.15, -0.1) is 0 Å². The van der Waals surface area contributed by atoms with E-state index in [-0.39, 0.29) is 35.8 Å². The number of hydrogen-bond acceptors (Lipinski definition) is 4. The average Bonchev–Trinajstić information content (AvgIpc) is 3.37. The van der Waals surface area contributed by atoms with Crippen molar-refractivity contribution < 1.29 is 14.0 Å². The van der Waals surface area contributed by atoms with Gasteiger partial charge in [-0.1, -0.05) is 32.9 Å². The fourth-order valence-corrected chi connectivity index (χ4v) is 4.68. The van der Waals surface area contributed by atoms with Crippen LogP contribution in [0.15, 0.2) is 36.5 Å². The van der Waals surface area contributed by atoms with E-state index in [1.165, 1.54) is 10.7 Å². The minimum Gasteiger partial charge on any atom is -0.331 e. The van der Waals surface area contributed by atoms with Crippen molar-refractivity contribution >= 4 is 28.5 Å². The molecule has 4 rings (SSSR count). The SMILES string of the molecule is CN(C)CC(=O)n1ncc2c(NC(=O)NC3CCc4c3ccc(F)c4CCC(C)(C)C)cccc21. The number of aromatic nitrogens is 2. The Balaban J connectivity index is 1.49. The Labute approximate surface area is 205 Å². The molecule has 1 unspecified atom stereocenters. The van der Waals surface area contributed by atoms with E-state index in [1.54, 1.807) is 35.4 Å². The first-order valence-electron chi connectivity index (χ1n) is 12.1. The number of nitrogens with one attached hydrogen (secondary N) is 2. The number of rotatable bonds is 6. The molecule has 1 aliphatic carbocycles. The Bertz CT molecular complexity index is 1260. The number of fused-ring (bicyclic) bond motifs is 2. The summed E-state index contributed by atoms with van der Waals surface area (Å²) in [5, 5.41) is 10.9. The Hall–Kier alpha value is -3.26. The molecule has 0 bridgehead atoms. The van der Waals surface area contributed by atoms with Crippen LogP contribution in [0.1, 0.15) is 61.1 Å². The summed E-state index contributed by atoms with van der Waals surface area (Å²) in [4.78, 5) is 27.2. The fourth-order valence-electron chi connectivity index (χ4n) is 4.68. The smallest absolute Gasteiger partial charge is 0.319 e. The number of carbonyl (C=O) groups excluding carboxylic acids is 2. The second-order valence-electron chi connectivity index (χ2n) is 10.8. The predicted octanol–water partition coefficient (Wildman–Crippen LogP) is 5.16. The summed E-state index contributed by atoms with van der Waals surface area (Å²) in [6.07, 6.45) is 4.65. The highest BCUT2D eigenvalue weighted by atomic mass is 19.1. The minimum atomic E-state index is -0.344. The molecule has 0 fully saturated rings. The van der Waals surface area contributed by atoms with Crippen LogP contribution in [0.25, 0.3) is 10.9 Å². The lowest BCUT2D eigenvalue weighted by Crippen LogP contribution is -2.31. The molecule has 186 valence electrons. The molecule has 7 nitrogen and oxygen atoms in total. The highest BCUT2D eigenvalue weighted by Gasteiger charge is 2.28. The van der Waals surface area contributed by atoms with Crippen LogP contribution in [-0.4, -0.2) is 47.3 Å². The highest BCUT2D eigenvalue weighted by Crippen LogP contribution is 2.36. The third kappa shape index (κ3) is 5.53. The van der Waals surface area contributed by atoms with Gasteiger partial charge in [-0.3, -0.25) is 4.79 Å². The van der Waals surface area contributed by atoms with Gasteiger partial charge in [-0.25, -0.2) is 9.18 Å². The zero-order valence-corrected chi connectivity index (χ0v) is 21.1. The van der Waals surface area contributed by atoms with Gasteiger partial charge < -0.3 is 15.5 Å². The quantitative estimate of drug-likeness (QED) is 0.512. The molecule has 8 heteroatoms. The molecule has 2 aromatic carbocycles. The van der Waals surface area contributed by atoms with Gasteiger partial charge in [-0.05, 0) is 80.1 Å². The van der Waals surface area contributed by atoms with Crippen molar-refractivity contribution in [3.8, 4) is 0 Å². The van der Waals surface area contributed by atoms with E-state index in [9.17, 15) is 14.0 Å². The van der Waals surface area contributed by atoms with Crippen LogP contribution >= 0.6 is 0 Å². The van der Waals surface area contributed by atoms with Gasteiger partial charge in [0.25, 0.3) is 5.91 Å². The maximum absolute atomic E-state index is 14.6. The van der Waals surface area contributed by atoms with Crippen LogP contribution < -0.4 is 10.6 Å². The largest absolute Gasteiger partial charge is 0.331 e. The summed E-state index contributed by atoms with van der Waals surface area (Å²) < 4.78 is 16.0. The molecular weight excluding hydrogens is 445 g/mol. The first kappa shape index (κ1) is 24.9. The van der Waals surface area contributed by atoms with E-state index in [4.69, 9.17) is 0 Å². The Morgan fingerprint density at radius 1 is 1.20 bits per heavy atom. The number of benzene rings is 2. The van der Waals surface area contributed by atoms with Gasteiger partial charge >= 0.3 is 6.03 Å². The number of likely N-dealkylation sites (N-methyl/N-ethyl adjacent to an activating group) is 1. The zero-order chi connectivity index (χ0) is 25.3. The fraction of sp³-hybridized carbons (Fsp3) is 0.444. The van der Waals surface area contributed by atoms with Crippen LogP contribution in [0.2, 0.25) is 0 Å². The van der Waals surface area contributed by atoms with Crippen LogP contribution in [0, 0.1) is 11.2 Å². The topological polar surface area (TPSA) is 79.3 Å². The predicted molar refractivity (Wildman–Crippen MR) is 136 cm³/mol. The molecule has 0 saturated carbocycles. The first-order valence-corrected chi connectivity index (χ1v) is 12.1. The maximum Gasteiger partial charge on any atom is 0.319 e. The number of carbonyl (C=O) groups is 2. The molecule has 1 heterocycles. The number of hydrogen-bond donors (Lipinski definition) is 2. The summed E-state index contributed by atoms with van der Waals surface area (Å²) in [5.74, 6) is -0.311. The van der Waals surface area contributed by atoms with Gasteiger partial charge in [0.15, 0.2) is 0 Å². The Morgan fingerprint density at radius 3 is 2.69 bits per heavy atom. The summed E-state index contributed by atoms with van der Waals surface area (Å²) in [6, 6.07) is 8.17. The van der Waals surface area contributed by atoms with Crippen molar-refractivity contribution in [2.24, 2.45) is 5.41 Å². The standard InChI is InChI=1S/C27H34FN5O2/c1-27(2,3)14-13-18-17-10-12-23(19(17)9-11-21(18)28)31-26(35)30-22-7-6-8-24-20(22)15-29-33(24)25(34)16-32(4)5/h6-9,11,15,23H,10,12-14,16H2,1-5H3,(H2,30,31,35). The summed E-state index contributed by atoms with van der Waals surface area (Å²) in [5.41, 5.74) is 4.14. The normalized spacial score (nSPS) is 15.5. The molecule has 2 amide bonds. The molecule has 1 aromatic heterocycles. The number of urea groups is 1. The number of nitrogens with zero attached hydrogens (tertiary/aromatic N) is 3. The van der Waals surface area contributed by atoms with E-state index in [0.717, 1.165) is 36.0 Å². The summed E-state index contributed by atoms with van der Waals surface area (Å²) in [7, 11) is 3.65. The lowest BCUT2D eigenvalue weighted by molar-refractivity contribution is 0.0866. The second kappa shape index (κ2) is 9.77. The van der Waals surface area contributed by atoms with Gasteiger partial charge in [0, 0.05) is 5.39 Å². The van der Waals surface area contributed by atoms with E-state index >= 15 is 0 Å². The van der Waals surface area contributed by atoms with Crippen molar-refractivity contribution in [2.45, 2.75) is 52.5 Å². The third-order valence-electron chi connectivity index (χ3n) is 6.45. The van der Waals surface area contributed by atoms with Gasteiger partial charge in [0.1, 0.15) is 5.82 Å². The monoisotopic (exact) mass is 479 g/mol. The molecule has 2 N–H and O–H groups in total. The van der Waals surface area contributed by atoms with Crippen LogP contribution in [0.5, 0.6) is 0 Å². The lowest BCUT2D eigenvalue weighted by Gasteiger charge is -2.20. The Kier molecular flexibility index (Phi) is 6.94. The van der Waals surface area contributed by atoms with E-state index in [2.05, 4.69) is 36.5 Å². The van der Waals surface area contributed by atoms with Crippen LogP contribution in [0.4, 0.5) is 14.9 Å². The zero-order valence-electron chi connectivity index (χ0n) is 21.1. The number of amides is 2. The van der Waals surface area contributed by atoms with Crippen molar-refractivity contribution in [1.82, 2.24) is 20.0 Å². The average molecular weight is 480 g/mol. The highest BCUT2D eigenvalue weighted by molar-refractivity contribution is 6.03. The van der Waals surface area contributed by atoms with Crippen LogP contribution in [-0.2, 0) is 12.8 Å². The van der Waals surface area contributed by atoms with Gasteiger partial charge in [0.05, 0.1) is 30.0 Å². The molecule has 0 saturated heterocycles. The maximum atomic E-state index is 14.6. The van der Waals surface area contributed by atoms with Crippen LogP contribution in [0.3, 0.4) is 0 Å². The molecule has 0 spiro atoms. The molecule has 1 atom stereocenters. The molecule has 1 aliphatic rings. The van der Waals surface area contributed by atoms with Crippen molar-refractivity contribution in [2.75, 3.05) is 26.0 Å². The molecule has 0 aliphatic heterocycles. The van der Waals surface area contributed by atoms with Crippen molar-refractivity contribution in [1.29, 1.82) is 0 Å². The van der Waals surface area contributed by atoms with Crippen molar-refractivity contribution in [3.05, 3.63) is 59.0 Å². The third-order valence-corrected chi connectivity index (χ3v) is 6.45. The van der Waals surface area contributed by atoms with Gasteiger partial charge in [-0.2, -0.15) is 9.78 Å². The van der Waals surface area contributed by atoms with E-state index < -0.39 is 0 Å². The summed E-state index contributed by atoms with van der Waals surface area (Å²) in [6.45, 7) is 6.70. The van der Waals surface area contributed by atoms with E-state index in [1.807, 2.05) is 14.1 Å². The number of halogens is 1. The molecular formula is C27H34FN5O2. The first-order chi connectivity index (χ1) is 16.5. The molecule has 3 aromatic rings. The van der Waals surface area contributed by atoms with Gasteiger partial charge in [0.2, 0.25) is 0 Å². The Morgan fingerprint density at radius 2 is 1.97 bits per heavy atom. The van der Waals surface area contributed by atoms with E-state index in [0.29, 0.717) is 23.0 Å². The molecule has 0 radical (unpaired) electrons.